The zero-order chi connectivity index (χ0) is 16.4. The summed E-state index contributed by atoms with van der Waals surface area (Å²) in [5.41, 5.74) is 1.91. The van der Waals surface area contributed by atoms with Gasteiger partial charge in [0.15, 0.2) is 6.10 Å². The number of phenolic OH excluding ortho intramolecular Hbond substituents is 1. The first-order chi connectivity index (χ1) is 11.0. The summed E-state index contributed by atoms with van der Waals surface area (Å²) >= 11 is 0. The van der Waals surface area contributed by atoms with Crippen molar-refractivity contribution in [2.24, 2.45) is 0 Å². The van der Waals surface area contributed by atoms with E-state index in [4.69, 9.17) is 4.74 Å². The molecule has 0 fully saturated rings. The Bertz CT molecular complexity index is 756. The Kier molecular flexibility index (Phi) is 3.89. The van der Waals surface area contributed by atoms with E-state index < -0.39 is 6.10 Å². The van der Waals surface area contributed by atoms with Gasteiger partial charge in [0.05, 0.1) is 12.1 Å². The molecular weight excluding hydrogens is 296 g/mol. The smallest absolute Gasteiger partial charge is 0.265 e. The number of ether oxygens (including phenoxy) is 1. The summed E-state index contributed by atoms with van der Waals surface area (Å²) in [5.74, 6) is 0.333. The fraction of sp³-hybridized carbons (Fsp3) is 0.176. The van der Waals surface area contributed by atoms with Gasteiger partial charge >= 0.3 is 0 Å². The second-order valence-corrected chi connectivity index (χ2v) is 5.35. The first-order valence-electron chi connectivity index (χ1n) is 7.20. The Hall–Kier alpha value is -3.02. The standard InChI is InChI=1S/C17H16N2O4/c1-10-17(22)19-14-9-12(4-7-15(14)23-10)18-16(21)8-11-2-5-13(20)6-3-11/h2-7,9-10,20H,8H2,1H3,(H,18,21)(H,19,22). The summed E-state index contributed by atoms with van der Waals surface area (Å²) in [4.78, 5) is 23.7. The number of fused-ring (bicyclic) bond motifs is 1. The number of hydrogen-bond donors (Lipinski definition) is 3. The van der Waals surface area contributed by atoms with Crippen LogP contribution in [-0.2, 0) is 16.0 Å². The van der Waals surface area contributed by atoms with Crippen LogP contribution in [0.5, 0.6) is 11.5 Å². The molecule has 0 aliphatic carbocycles. The summed E-state index contributed by atoms with van der Waals surface area (Å²) < 4.78 is 5.46. The number of nitrogens with one attached hydrogen (secondary N) is 2. The molecule has 0 saturated heterocycles. The van der Waals surface area contributed by atoms with Gasteiger partial charge in [-0.3, -0.25) is 9.59 Å². The molecule has 0 saturated carbocycles. The molecular formula is C17H16N2O4. The summed E-state index contributed by atoms with van der Waals surface area (Å²) in [6.07, 6.45) is -0.338. The van der Waals surface area contributed by atoms with E-state index in [-0.39, 0.29) is 24.0 Å². The second kappa shape index (κ2) is 6.00. The fourth-order valence-corrected chi connectivity index (χ4v) is 2.29. The van der Waals surface area contributed by atoms with E-state index >= 15 is 0 Å². The van der Waals surface area contributed by atoms with Crippen LogP contribution in [0.15, 0.2) is 42.5 Å². The van der Waals surface area contributed by atoms with Crippen molar-refractivity contribution in [1.29, 1.82) is 0 Å². The van der Waals surface area contributed by atoms with Gasteiger partial charge in [0, 0.05) is 5.69 Å². The van der Waals surface area contributed by atoms with Crippen molar-refractivity contribution < 1.29 is 19.4 Å². The lowest BCUT2D eigenvalue weighted by atomic mass is 10.1. The number of phenols is 1. The molecule has 1 unspecified atom stereocenters. The van der Waals surface area contributed by atoms with Crippen molar-refractivity contribution in [2.75, 3.05) is 10.6 Å². The van der Waals surface area contributed by atoms with Gasteiger partial charge in [0.25, 0.3) is 5.91 Å². The summed E-state index contributed by atoms with van der Waals surface area (Å²) in [7, 11) is 0. The Morgan fingerprint density at radius 2 is 2.00 bits per heavy atom. The third kappa shape index (κ3) is 3.42. The highest BCUT2D eigenvalue weighted by Gasteiger charge is 2.23. The number of aromatic hydroxyl groups is 1. The van der Waals surface area contributed by atoms with Crippen LogP contribution in [0.4, 0.5) is 11.4 Å². The lowest BCUT2D eigenvalue weighted by Crippen LogP contribution is -2.34. The number of rotatable bonds is 3. The van der Waals surface area contributed by atoms with Crippen molar-refractivity contribution in [3.8, 4) is 11.5 Å². The van der Waals surface area contributed by atoms with E-state index in [9.17, 15) is 14.7 Å². The van der Waals surface area contributed by atoms with Crippen molar-refractivity contribution in [2.45, 2.75) is 19.4 Å². The SMILES string of the molecule is CC1Oc2ccc(NC(=O)Cc3ccc(O)cc3)cc2NC1=O. The third-order valence-electron chi connectivity index (χ3n) is 3.50. The van der Waals surface area contributed by atoms with Gasteiger partial charge in [0.2, 0.25) is 5.91 Å². The summed E-state index contributed by atoms with van der Waals surface area (Å²) in [6.45, 7) is 1.67. The topological polar surface area (TPSA) is 87.7 Å². The van der Waals surface area contributed by atoms with Gasteiger partial charge in [-0.2, -0.15) is 0 Å². The first kappa shape index (κ1) is 14.9. The fourth-order valence-electron chi connectivity index (χ4n) is 2.29. The Morgan fingerprint density at radius 3 is 2.74 bits per heavy atom. The van der Waals surface area contributed by atoms with Crippen LogP contribution in [0, 0.1) is 0 Å². The highest BCUT2D eigenvalue weighted by molar-refractivity contribution is 5.99. The van der Waals surface area contributed by atoms with E-state index in [0.29, 0.717) is 17.1 Å². The lowest BCUT2D eigenvalue weighted by Gasteiger charge is -2.23. The Balaban J connectivity index is 1.68. The van der Waals surface area contributed by atoms with Gasteiger partial charge in [-0.15, -0.1) is 0 Å². The monoisotopic (exact) mass is 312 g/mol. The van der Waals surface area contributed by atoms with Crippen LogP contribution < -0.4 is 15.4 Å². The minimum absolute atomic E-state index is 0.161. The van der Waals surface area contributed by atoms with Crippen molar-refractivity contribution in [1.82, 2.24) is 0 Å². The molecule has 1 atom stereocenters. The normalized spacial score (nSPS) is 16.0. The molecule has 3 N–H and O–H groups in total. The molecule has 0 spiro atoms. The van der Waals surface area contributed by atoms with Crippen molar-refractivity contribution in [3.63, 3.8) is 0 Å². The minimum atomic E-state index is -0.530. The zero-order valence-electron chi connectivity index (χ0n) is 12.5. The Labute approximate surface area is 133 Å². The maximum Gasteiger partial charge on any atom is 0.265 e. The molecule has 3 rings (SSSR count). The first-order valence-corrected chi connectivity index (χ1v) is 7.20. The second-order valence-electron chi connectivity index (χ2n) is 5.35. The number of hydrogen-bond acceptors (Lipinski definition) is 4. The van der Waals surface area contributed by atoms with Crippen molar-refractivity contribution in [3.05, 3.63) is 48.0 Å². The molecule has 2 aromatic rings. The number of benzene rings is 2. The average molecular weight is 312 g/mol. The van der Waals surface area contributed by atoms with Gasteiger partial charge in [-0.05, 0) is 42.8 Å². The third-order valence-corrected chi connectivity index (χ3v) is 3.50. The average Bonchev–Trinajstić information content (AvgIpc) is 2.51. The van der Waals surface area contributed by atoms with E-state index in [0.717, 1.165) is 5.56 Å². The van der Waals surface area contributed by atoms with Gasteiger partial charge in [-0.1, -0.05) is 12.1 Å². The summed E-state index contributed by atoms with van der Waals surface area (Å²) in [6, 6.07) is 11.5. The maximum absolute atomic E-state index is 12.1. The number of carbonyl (C=O) groups excluding carboxylic acids is 2. The molecule has 2 aromatic carbocycles. The minimum Gasteiger partial charge on any atom is -0.508 e. The molecule has 0 bridgehead atoms. The van der Waals surface area contributed by atoms with Crippen molar-refractivity contribution >= 4 is 23.2 Å². The molecule has 6 heteroatoms. The zero-order valence-corrected chi connectivity index (χ0v) is 12.5. The van der Waals surface area contributed by atoms with Gasteiger partial charge in [-0.25, -0.2) is 0 Å². The quantitative estimate of drug-likeness (QED) is 0.811. The van der Waals surface area contributed by atoms with E-state index in [1.54, 1.807) is 37.3 Å². The molecule has 6 nitrogen and oxygen atoms in total. The molecule has 23 heavy (non-hydrogen) atoms. The molecule has 1 aliphatic heterocycles. The maximum atomic E-state index is 12.1. The highest BCUT2D eigenvalue weighted by Crippen LogP contribution is 2.32. The van der Waals surface area contributed by atoms with Crippen LogP contribution in [0.2, 0.25) is 0 Å². The molecule has 1 heterocycles. The van der Waals surface area contributed by atoms with Crippen LogP contribution >= 0.6 is 0 Å². The summed E-state index contributed by atoms with van der Waals surface area (Å²) in [5, 5.41) is 14.7. The number of anilines is 2. The van der Waals surface area contributed by atoms with Crippen LogP contribution in [-0.4, -0.2) is 23.0 Å². The largest absolute Gasteiger partial charge is 0.508 e. The van der Waals surface area contributed by atoms with E-state index in [1.807, 2.05) is 0 Å². The predicted molar refractivity (Wildman–Crippen MR) is 85.6 cm³/mol. The molecule has 2 amide bonds. The van der Waals surface area contributed by atoms with Crippen LogP contribution in [0.25, 0.3) is 0 Å². The lowest BCUT2D eigenvalue weighted by molar-refractivity contribution is -0.122. The molecule has 118 valence electrons. The predicted octanol–water partition coefficient (Wildman–Crippen LogP) is 2.29. The van der Waals surface area contributed by atoms with Crippen LogP contribution in [0.1, 0.15) is 12.5 Å². The molecule has 0 aromatic heterocycles. The molecule has 1 aliphatic rings. The van der Waals surface area contributed by atoms with E-state index in [2.05, 4.69) is 10.6 Å². The van der Waals surface area contributed by atoms with Gasteiger partial charge in [0.1, 0.15) is 11.5 Å². The highest BCUT2D eigenvalue weighted by atomic mass is 16.5. The van der Waals surface area contributed by atoms with Gasteiger partial charge < -0.3 is 20.5 Å². The number of carbonyl (C=O) groups is 2. The van der Waals surface area contributed by atoms with Crippen LogP contribution in [0.3, 0.4) is 0 Å². The Morgan fingerprint density at radius 1 is 1.26 bits per heavy atom. The molecule has 0 radical (unpaired) electrons. The van der Waals surface area contributed by atoms with E-state index in [1.165, 1.54) is 12.1 Å². The number of amides is 2.